The van der Waals surface area contributed by atoms with Gasteiger partial charge < -0.3 is 20.3 Å². The number of amides is 1. The first kappa shape index (κ1) is 63.1. The molecular weight excluding hydrogens is 803 g/mol. The number of allylic oxidation sites excluding steroid dienone is 5. The van der Waals surface area contributed by atoms with Gasteiger partial charge in [-0.3, -0.25) is 9.59 Å². The number of unbranched alkanes of at least 4 members (excludes halogenated alkanes) is 38. The van der Waals surface area contributed by atoms with Crippen molar-refractivity contribution >= 4 is 11.9 Å². The maximum absolute atomic E-state index is 12.4. The van der Waals surface area contributed by atoms with E-state index in [9.17, 15) is 19.8 Å². The molecule has 0 rings (SSSR count). The standard InChI is InChI=1S/C59H111NO5/c1-3-5-7-9-11-13-15-17-19-21-25-29-33-37-41-45-49-53-59(64)65-54-50-46-42-38-34-30-26-23-20-22-24-28-32-36-40-44-48-52-58(63)60-56(55-61)57(62)51-47-43-39-35-31-27-18-16-14-12-10-8-6-4-2/h20,23,30,34,47,51,56-57,61-62H,3-19,21-22,24-29,31-33,35-46,48-50,52-55H2,1-2H3,(H,60,63)/b23-20-,34-30-,51-47+. The monoisotopic (exact) mass is 914 g/mol. The molecule has 1 amide bonds. The van der Waals surface area contributed by atoms with Crippen LogP contribution in [0, 0.1) is 0 Å². The maximum atomic E-state index is 12.4. The number of hydrogen-bond acceptors (Lipinski definition) is 5. The molecule has 0 aliphatic heterocycles. The highest BCUT2D eigenvalue weighted by Gasteiger charge is 2.18. The summed E-state index contributed by atoms with van der Waals surface area (Å²) in [4.78, 5) is 24.5. The van der Waals surface area contributed by atoms with E-state index in [1.807, 2.05) is 6.08 Å². The van der Waals surface area contributed by atoms with Gasteiger partial charge >= 0.3 is 5.97 Å². The average molecular weight is 915 g/mol. The lowest BCUT2D eigenvalue weighted by Gasteiger charge is -2.20. The zero-order valence-electron chi connectivity index (χ0n) is 43.5. The van der Waals surface area contributed by atoms with E-state index in [2.05, 4.69) is 43.5 Å². The summed E-state index contributed by atoms with van der Waals surface area (Å²) in [6, 6.07) is -0.639. The summed E-state index contributed by atoms with van der Waals surface area (Å²) >= 11 is 0. The van der Waals surface area contributed by atoms with Crippen molar-refractivity contribution in [3.63, 3.8) is 0 Å². The summed E-state index contributed by atoms with van der Waals surface area (Å²) in [7, 11) is 0. The van der Waals surface area contributed by atoms with Crippen molar-refractivity contribution in [2.45, 2.75) is 315 Å². The van der Waals surface area contributed by atoms with Gasteiger partial charge in [0.1, 0.15) is 0 Å². The lowest BCUT2D eigenvalue weighted by Crippen LogP contribution is -2.45. The topological polar surface area (TPSA) is 95.9 Å². The number of aliphatic hydroxyl groups is 2. The Morgan fingerprint density at radius 3 is 1.17 bits per heavy atom. The largest absolute Gasteiger partial charge is 0.466 e. The summed E-state index contributed by atoms with van der Waals surface area (Å²) in [6.07, 6.45) is 67.4. The molecule has 0 aromatic rings. The number of ether oxygens (including phenoxy) is 1. The Morgan fingerprint density at radius 1 is 0.431 bits per heavy atom. The quantitative estimate of drug-likeness (QED) is 0.0321. The van der Waals surface area contributed by atoms with E-state index >= 15 is 0 Å². The van der Waals surface area contributed by atoms with Crippen LogP contribution in [0.3, 0.4) is 0 Å². The van der Waals surface area contributed by atoms with Crippen molar-refractivity contribution in [3.8, 4) is 0 Å². The Morgan fingerprint density at radius 2 is 0.769 bits per heavy atom. The van der Waals surface area contributed by atoms with E-state index < -0.39 is 12.1 Å². The molecule has 0 heterocycles. The normalized spacial score (nSPS) is 12.9. The Balaban J connectivity index is 3.50. The molecule has 0 saturated heterocycles. The molecule has 2 unspecified atom stereocenters. The van der Waals surface area contributed by atoms with Crippen LogP contribution in [-0.4, -0.2) is 47.4 Å². The number of carbonyl (C=O) groups excluding carboxylic acids is 2. The number of hydrogen-bond donors (Lipinski definition) is 3. The highest BCUT2D eigenvalue weighted by atomic mass is 16.5. The van der Waals surface area contributed by atoms with Gasteiger partial charge in [0.05, 0.1) is 25.4 Å². The molecular formula is C59H111NO5. The fourth-order valence-corrected chi connectivity index (χ4v) is 8.72. The van der Waals surface area contributed by atoms with Crippen LogP contribution in [0.2, 0.25) is 0 Å². The van der Waals surface area contributed by atoms with E-state index in [-0.39, 0.29) is 18.5 Å². The molecule has 6 heteroatoms. The van der Waals surface area contributed by atoms with Crippen LogP contribution in [0.15, 0.2) is 36.5 Å². The van der Waals surface area contributed by atoms with Crippen LogP contribution in [-0.2, 0) is 14.3 Å². The van der Waals surface area contributed by atoms with Crippen molar-refractivity contribution in [1.82, 2.24) is 5.32 Å². The number of esters is 1. The number of nitrogens with one attached hydrogen (secondary N) is 1. The van der Waals surface area contributed by atoms with Crippen LogP contribution < -0.4 is 5.32 Å². The molecule has 2 atom stereocenters. The SMILES string of the molecule is CCCCCCCCCCCCCC/C=C/C(O)C(CO)NC(=O)CCCCCCCCC/C=C\C/C=C\CCCCCOC(=O)CCCCCCCCCCCCCCCCCCC. The van der Waals surface area contributed by atoms with Gasteiger partial charge in [-0.15, -0.1) is 0 Å². The average Bonchev–Trinajstić information content (AvgIpc) is 3.31. The maximum Gasteiger partial charge on any atom is 0.305 e. The molecule has 382 valence electrons. The van der Waals surface area contributed by atoms with E-state index in [1.54, 1.807) is 6.08 Å². The fraction of sp³-hybridized carbons (Fsp3) is 0.864. The summed E-state index contributed by atoms with van der Waals surface area (Å²) in [5, 5.41) is 23.1. The highest BCUT2D eigenvalue weighted by molar-refractivity contribution is 5.76. The Labute approximate surface area is 404 Å². The summed E-state index contributed by atoms with van der Waals surface area (Å²) in [5.74, 6) is -0.0966. The van der Waals surface area contributed by atoms with Crippen molar-refractivity contribution in [2.75, 3.05) is 13.2 Å². The first-order valence-corrected chi connectivity index (χ1v) is 28.8. The molecule has 0 bridgehead atoms. The van der Waals surface area contributed by atoms with Crippen molar-refractivity contribution < 1.29 is 24.5 Å². The van der Waals surface area contributed by atoms with E-state index in [4.69, 9.17) is 4.74 Å². The van der Waals surface area contributed by atoms with Gasteiger partial charge in [0.25, 0.3) is 0 Å². The van der Waals surface area contributed by atoms with Gasteiger partial charge in [-0.25, -0.2) is 0 Å². The first-order chi connectivity index (χ1) is 32.0. The second kappa shape index (κ2) is 54.7. The van der Waals surface area contributed by atoms with Gasteiger partial charge in [0, 0.05) is 12.8 Å². The highest BCUT2D eigenvalue weighted by Crippen LogP contribution is 2.16. The molecule has 0 aromatic heterocycles. The first-order valence-electron chi connectivity index (χ1n) is 28.8. The molecule has 0 aliphatic carbocycles. The minimum atomic E-state index is -0.854. The summed E-state index contributed by atoms with van der Waals surface area (Å²) < 4.78 is 5.46. The van der Waals surface area contributed by atoms with E-state index in [1.165, 1.54) is 193 Å². The smallest absolute Gasteiger partial charge is 0.305 e. The van der Waals surface area contributed by atoms with Crippen molar-refractivity contribution in [1.29, 1.82) is 0 Å². The lowest BCUT2D eigenvalue weighted by atomic mass is 10.0. The number of carbonyl (C=O) groups is 2. The molecule has 0 aliphatic rings. The second-order valence-corrected chi connectivity index (χ2v) is 19.6. The van der Waals surface area contributed by atoms with E-state index in [0.717, 1.165) is 83.5 Å². The zero-order chi connectivity index (χ0) is 47.2. The molecule has 0 spiro atoms. The van der Waals surface area contributed by atoms with E-state index in [0.29, 0.717) is 19.4 Å². The van der Waals surface area contributed by atoms with Crippen molar-refractivity contribution in [2.24, 2.45) is 0 Å². The molecule has 65 heavy (non-hydrogen) atoms. The van der Waals surface area contributed by atoms with Crippen molar-refractivity contribution in [3.05, 3.63) is 36.5 Å². The molecule has 3 N–H and O–H groups in total. The molecule has 0 radical (unpaired) electrons. The molecule has 0 fully saturated rings. The number of rotatable bonds is 53. The van der Waals surface area contributed by atoms with Crippen LogP contribution >= 0.6 is 0 Å². The third-order valence-electron chi connectivity index (χ3n) is 13.2. The predicted octanol–water partition coefficient (Wildman–Crippen LogP) is 17.6. The fourth-order valence-electron chi connectivity index (χ4n) is 8.72. The van der Waals surface area contributed by atoms with Gasteiger partial charge in [-0.05, 0) is 70.6 Å². The third kappa shape index (κ3) is 51.3. The minimum absolute atomic E-state index is 0.0127. The van der Waals surface area contributed by atoms with Gasteiger partial charge in [0.2, 0.25) is 5.91 Å². The van der Waals surface area contributed by atoms with Crippen LogP contribution in [0.5, 0.6) is 0 Å². The molecule has 0 aromatic carbocycles. The zero-order valence-corrected chi connectivity index (χ0v) is 43.5. The third-order valence-corrected chi connectivity index (χ3v) is 13.2. The predicted molar refractivity (Wildman–Crippen MR) is 283 cm³/mol. The van der Waals surface area contributed by atoms with Gasteiger partial charge in [-0.1, -0.05) is 256 Å². The van der Waals surface area contributed by atoms with Crippen LogP contribution in [0.4, 0.5) is 0 Å². The Hall–Kier alpha value is -1.92. The minimum Gasteiger partial charge on any atom is -0.466 e. The Bertz CT molecular complexity index is 1060. The van der Waals surface area contributed by atoms with Crippen LogP contribution in [0.1, 0.15) is 303 Å². The Kier molecular flexibility index (Phi) is 53.1. The molecule has 0 saturated carbocycles. The van der Waals surface area contributed by atoms with Gasteiger partial charge in [-0.2, -0.15) is 0 Å². The summed E-state index contributed by atoms with van der Waals surface area (Å²) in [5.41, 5.74) is 0. The lowest BCUT2D eigenvalue weighted by molar-refractivity contribution is -0.143. The van der Waals surface area contributed by atoms with Crippen LogP contribution in [0.25, 0.3) is 0 Å². The number of aliphatic hydroxyl groups excluding tert-OH is 2. The summed E-state index contributed by atoms with van der Waals surface area (Å²) in [6.45, 7) is 4.87. The van der Waals surface area contributed by atoms with Gasteiger partial charge in [0.15, 0.2) is 0 Å². The molecule has 6 nitrogen and oxygen atoms in total. The second-order valence-electron chi connectivity index (χ2n) is 19.6.